The van der Waals surface area contributed by atoms with Crippen molar-refractivity contribution in [2.24, 2.45) is 0 Å². The first-order valence-corrected chi connectivity index (χ1v) is 4.24. The van der Waals surface area contributed by atoms with Crippen LogP contribution >= 0.6 is 0 Å². The molecule has 1 aliphatic heterocycles. The number of aliphatic hydroxyl groups is 1. The van der Waals surface area contributed by atoms with E-state index in [1.165, 1.54) is 0 Å². The van der Waals surface area contributed by atoms with E-state index >= 15 is 0 Å². The maximum Gasteiger partial charge on any atom is 0.547 e. The number of nitrogens with zero attached hydrogens (tertiary/aromatic N) is 1. The lowest BCUT2D eigenvalue weighted by atomic mass is 9.99. The number of hydrogen-bond donors (Lipinski definition) is 1. The van der Waals surface area contributed by atoms with Crippen molar-refractivity contribution in [2.45, 2.75) is 45.7 Å². The predicted molar refractivity (Wildman–Crippen MR) is 47.7 cm³/mol. The molecule has 0 fully saturated rings. The van der Waals surface area contributed by atoms with Crippen LogP contribution in [-0.2, 0) is 4.74 Å². The predicted octanol–water partition coefficient (Wildman–Crippen LogP) is 1.52. The fourth-order valence-corrected chi connectivity index (χ4v) is 1.82. The van der Waals surface area contributed by atoms with E-state index in [0.717, 1.165) is 0 Å². The van der Waals surface area contributed by atoms with Gasteiger partial charge in [-0.2, -0.15) is 4.58 Å². The molecule has 0 unspecified atom stereocenters. The van der Waals surface area contributed by atoms with Crippen molar-refractivity contribution in [3.63, 3.8) is 0 Å². The van der Waals surface area contributed by atoms with E-state index < -0.39 is 0 Å². The largest absolute Gasteiger partial charge is 0.547 e. The van der Waals surface area contributed by atoms with Gasteiger partial charge in [-0.3, -0.25) is 0 Å². The van der Waals surface area contributed by atoms with Crippen molar-refractivity contribution >= 4 is 6.08 Å². The lowest BCUT2D eigenvalue weighted by Crippen LogP contribution is -2.47. The van der Waals surface area contributed by atoms with Crippen molar-refractivity contribution in [3.8, 4) is 0 Å². The zero-order valence-electron chi connectivity index (χ0n) is 8.51. The first-order chi connectivity index (χ1) is 5.25. The summed E-state index contributed by atoms with van der Waals surface area (Å²) in [7, 11) is 0. The average Bonchev–Trinajstić information content (AvgIpc) is 2.03. The first kappa shape index (κ1) is 9.36. The van der Waals surface area contributed by atoms with Gasteiger partial charge in [0.2, 0.25) is 0 Å². The Labute approximate surface area is 73.7 Å². The van der Waals surface area contributed by atoms with Crippen LogP contribution < -0.4 is 0 Å². The zero-order chi connectivity index (χ0) is 9.57. The summed E-state index contributed by atoms with van der Waals surface area (Å²) in [6, 6.07) is 0. The normalized spacial score (nSPS) is 22.8. The molecule has 70 valence electrons. The van der Waals surface area contributed by atoms with Gasteiger partial charge in [0.1, 0.15) is 0 Å². The second kappa shape index (κ2) is 2.38. The molecule has 1 N–H and O–H groups in total. The van der Waals surface area contributed by atoms with Gasteiger partial charge in [0, 0.05) is 13.8 Å². The minimum atomic E-state index is -0.109. The van der Waals surface area contributed by atoms with Gasteiger partial charge in [0.05, 0.1) is 0 Å². The third-order valence-electron chi connectivity index (χ3n) is 2.02. The van der Waals surface area contributed by atoms with Gasteiger partial charge >= 0.3 is 6.08 Å². The number of aliphatic hydroxyl groups excluding tert-OH is 1. The molecule has 0 aromatic heterocycles. The van der Waals surface area contributed by atoms with E-state index in [9.17, 15) is 5.11 Å². The van der Waals surface area contributed by atoms with E-state index in [1.54, 1.807) is 0 Å². The van der Waals surface area contributed by atoms with Crippen LogP contribution in [0.25, 0.3) is 0 Å². The maximum atomic E-state index is 9.48. The Balaban J connectivity index is 3.08. The minimum absolute atomic E-state index is 0.0486. The summed E-state index contributed by atoms with van der Waals surface area (Å²) in [5.74, 6) is 0. The summed E-state index contributed by atoms with van der Waals surface area (Å²) in [6.45, 7) is 10.8. The van der Waals surface area contributed by atoms with Crippen molar-refractivity contribution in [1.29, 1.82) is 0 Å². The molecule has 12 heavy (non-hydrogen) atoms. The monoisotopic (exact) mass is 172 g/mol. The van der Waals surface area contributed by atoms with Crippen LogP contribution in [0.2, 0.25) is 0 Å². The summed E-state index contributed by atoms with van der Waals surface area (Å²) in [5, 5.41) is 9.48. The molecule has 0 amide bonds. The molecule has 0 aliphatic carbocycles. The highest BCUT2D eigenvalue weighted by atomic mass is 16.6. The van der Waals surface area contributed by atoms with E-state index in [0.29, 0.717) is 6.61 Å². The van der Waals surface area contributed by atoms with Crippen molar-refractivity contribution in [3.05, 3.63) is 0 Å². The van der Waals surface area contributed by atoms with Crippen molar-refractivity contribution < 1.29 is 14.4 Å². The summed E-state index contributed by atoms with van der Waals surface area (Å²) in [5.41, 5.74) is -0.202. The average molecular weight is 172 g/mol. The van der Waals surface area contributed by atoms with Crippen LogP contribution in [0.1, 0.15) is 34.6 Å². The second-order valence-corrected chi connectivity index (χ2v) is 4.89. The lowest BCUT2D eigenvalue weighted by molar-refractivity contribution is -0.655. The SMILES string of the molecule is CC(C)(C)[N+]1=C(O)OCC1(C)C. The highest BCUT2D eigenvalue weighted by molar-refractivity contribution is 5.60. The Morgan fingerprint density at radius 2 is 1.92 bits per heavy atom. The molecule has 1 heterocycles. The summed E-state index contributed by atoms with van der Waals surface area (Å²) in [4.78, 5) is 0. The van der Waals surface area contributed by atoms with Crippen LogP contribution in [0.5, 0.6) is 0 Å². The van der Waals surface area contributed by atoms with Crippen LogP contribution in [0, 0.1) is 0 Å². The maximum absolute atomic E-state index is 9.48. The van der Waals surface area contributed by atoms with E-state index in [1.807, 2.05) is 4.58 Å². The summed E-state index contributed by atoms with van der Waals surface area (Å²) < 4.78 is 7.01. The number of hydrogen-bond acceptors (Lipinski definition) is 1. The topological polar surface area (TPSA) is 32.5 Å². The van der Waals surface area contributed by atoms with Gasteiger partial charge in [0.15, 0.2) is 17.7 Å². The minimum Gasteiger partial charge on any atom is -0.430 e. The summed E-state index contributed by atoms with van der Waals surface area (Å²) >= 11 is 0. The van der Waals surface area contributed by atoms with Crippen molar-refractivity contribution in [1.82, 2.24) is 0 Å². The van der Waals surface area contributed by atoms with Crippen LogP contribution in [0.4, 0.5) is 0 Å². The molecule has 0 spiro atoms. The highest BCUT2D eigenvalue weighted by Gasteiger charge is 2.48. The molecule has 3 nitrogen and oxygen atoms in total. The van der Waals surface area contributed by atoms with Gasteiger partial charge in [0.25, 0.3) is 0 Å². The number of ether oxygens (including phenoxy) is 1. The van der Waals surface area contributed by atoms with Crippen LogP contribution in [0.3, 0.4) is 0 Å². The Morgan fingerprint density at radius 1 is 1.42 bits per heavy atom. The fourth-order valence-electron chi connectivity index (χ4n) is 1.82. The quantitative estimate of drug-likeness (QED) is 0.562. The lowest BCUT2D eigenvalue weighted by Gasteiger charge is -2.23. The van der Waals surface area contributed by atoms with Crippen LogP contribution in [0.15, 0.2) is 0 Å². The van der Waals surface area contributed by atoms with Gasteiger partial charge in [-0.1, -0.05) is 0 Å². The zero-order valence-corrected chi connectivity index (χ0v) is 8.51. The summed E-state index contributed by atoms with van der Waals surface area (Å²) in [6.07, 6.45) is 0.0486. The molecule has 0 radical (unpaired) electrons. The fraction of sp³-hybridized carbons (Fsp3) is 0.889. The first-order valence-electron chi connectivity index (χ1n) is 4.24. The molecule has 0 saturated heterocycles. The van der Waals surface area contributed by atoms with E-state index in [-0.39, 0.29) is 17.2 Å². The molecule has 3 heteroatoms. The smallest absolute Gasteiger partial charge is 0.430 e. The molecular formula is C9H18NO2+. The Kier molecular flexibility index (Phi) is 1.85. The molecule has 1 rings (SSSR count). The Hall–Kier alpha value is -0.730. The molecule has 0 aromatic rings. The Bertz CT molecular complexity index is 223. The number of rotatable bonds is 0. The molecule has 0 aromatic carbocycles. The van der Waals surface area contributed by atoms with E-state index in [4.69, 9.17) is 4.74 Å². The van der Waals surface area contributed by atoms with Crippen LogP contribution in [-0.4, -0.2) is 33.5 Å². The third kappa shape index (κ3) is 1.40. The highest BCUT2D eigenvalue weighted by Crippen LogP contribution is 2.24. The van der Waals surface area contributed by atoms with Gasteiger partial charge in [-0.05, 0) is 20.8 Å². The van der Waals surface area contributed by atoms with E-state index in [2.05, 4.69) is 34.6 Å². The molecule has 0 saturated carbocycles. The molecular weight excluding hydrogens is 154 g/mol. The van der Waals surface area contributed by atoms with Gasteiger partial charge < -0.3 is 9.84 Å². The third-order valence-corrected chi connectivity index (χ3v) is 2.02. The standard InChI is InChI=1S/C9H17NO2/c1-8(2,3)10-7(11)12-6-9(10,4)5/h6H2,1-5H3/p+1. The Morgan fingerprint density at radius 3 is 2.08 bits per heavy atom. The molecule has 1 aliphatic rings. The molecule has 0 bridgehead atoms. The molecule has 0 atom stereocenters. The van der Waals surface area contributed by atoms with Crippen molar-refractivity contribution in [2.75, 3.05) is 6.61 Å². The second-order valence-electron chi connectivity index (χ2n) is 4.89. The van der Waals surface area contributed by atoms with Gasteiger partial charge in [-0.15, -0.1) is 0 Å². The van der Waals surface area contributed by atoms with Gasteiger partial charge in [-0.25, -0.2) is 0 Å².